The molecule has 2 aromatic heterocycles. The SMILES string of the molecule is N#C[C@@]1(c2cnc3c(N)nc(N)nn23)O[C@H](CO)C(O)[C@]1(F)Br. The normalized spacial score (nSPS) is 33.9. The first-order chi connectivity index (χ1) is 10.8. The van der Waals surface area contributed by atoms with Gasteiger partial charge >= 0.3 is 0 Å². The summed E-state index contributed by atoms with van der Waals surface area (Å²) in [7, 11) is 0. The number of imidazole rings is 1. The molecule has 3 rings (SSSR count). The topological polar surface area (TPSA) is 169 Å². The Hall–Kier alpha value is -2.07. The van der Waals surface area contributed by atoms with Crippen molar-refractivity contribution >= 4 is 33.3 Å². The minimum atomic E-state index is -2.73. The first-order valence-corrected chi connectivity index (χ1v) is 7.10. The van der Waals surface area contributed by atoms with Crippen molar-refractivity contribution in [2.24, 2.45) is 0 Å². The van der Waals surface area contributed by atoms with Crippen LogP contribution in [0.3, 0.4) is 0 Å². The van der Waals surface area contributed by atoms with Crippen LogP contribution < -0.4 is 11.5 Å². The van der Waals surface area contributed by atoms with E-state index in [9.17, 15) is 15.5 Å². The number of nitrogen functional groups attached to an aromatic ring is 2. The van der Waals surface area contributed by atoms with Crippen LogP contribution in [-0.2, 0) is 10.3 Å². The number of halogens is 2. The maximum absolute atomic E-state index is 15.1. The van der Waals surface area contributed by atoms with Gasteiger partial charge < -0.3 is 26.4 Å². The summed E-state index contributed by atoms with van der Waals surface area (Å²) in [6.07, 6.45) is -2.03. The average molecular weight is 388 g/mol. The molecule has 2 aromatic rings. The molecule has 1 fully saturated rings. The molecule has 122 valence electrons. The fourth-order valence-electron chi connectivity index (χ4n) is 2.50. The van der Waals surface area contributed by atoms with Crippen molar-refractivity contribution in [2.75, 3.05) is 18.1 Å². The van der Waals surface area contributed by atoms with Crippen molar-refractivity contribution in [3.05, 3.63) is 11.9 Å². The number of nitrogens with two attached hydrogens (primary N) is 2. The van der Waals surface area contributed by atoms with Crippen molar-refractivity contribution in [2.45, 2.75) is 22.4 Å². The van der Waals surface area contributed by atoms with E-state index >= 15 is 4.39 Å². The van der Waals surface area contributed by atoms with Crippen molar-refractivity contribution in [3.8, 4) is 6.07 Å². The lowest BCUT2D eigenvalue weighted by molar-refractivity contribution is -0.0588. The van der Waals surface area contributed by atoms with Crippen molar-refractivity contribution < 1.29 is 19.3 Å². The fourth-order valence-corrected chi connectivity index (χ4v) is 3.18. The summed E-state index contributed by atoms with van der Waals surface area (Å²) in [6.45, 7) is -0.697. The van der Waals surface area contributed by atoms with Gasteiger partial charge in [-0.25, -0.2) is 13.9 Å². The molecule has 0 aromatic carbocycles. The third-order valence-corrected chi connectivity index (χ3v) is 4.65. The highest BCUT2D eigenvalue weighted by atomic mass is 79.9. The van der Waals surface area contributed by atoms with E-state index in [-0.39, 0.29) is 23.1 Å². The van der Waals surface area contributed by atoms with Crippen LogP contribution >= 0.6 is 15.9 Å². The molecule has 1 aliphatic rings. The molecule has 12 heteroatoms. The second-order valence-electron chi connectivity index (χ2n) is 4.93. The molecule has 23 heavy (non-hydrogen) atoms. The molecule has 0 radical (unpaired) electrons. The van der Waals surface area contributed by atoms with Crippen LogP contribution in [0.2, 0.25) is 0 Å². The molecule has 0 bridgehead atoms. The minimum absolute atomic E-state index is 0.0395. The number of hydrogen-bond acceptors (Lipinski definition) is 9. The lowest BCUT2D eigenvalue weighted by Crippen LogP contribution is -2.46. The zero-order chi connectivity index (χ0) is 17.0. The predicted octanol–water partition coefficient (Wildman–Crippen LogP) is -1.18. The third kappa shape index (κ3) is 1.91. The van der Waals surface area contributed by atoms with E-state index < -0.39 is 29.0 Å². The summed E-state index contributed by atoms with van der Waals surface area (Å²) in [5.41, 5.74) is 8.72. The number of aromatic nitrogens is 4. The maximum atomic E-state index is 15.1. The monoisotopic (exact) mass is 387 g/mol. The van der Waals surface area contributed by atoms with Crippen LogP contribution in [0.4, 0.5) is 16.2 Å². The summed E-state index contributed by atoms with van der Waals surface area (Å²) in [4.78, 5) is 7.65. The van der Waals surface area contributed by atoms with Crippen LogP contribution in [-0.4, -0.2) is 53.2 Å². The first kappa shape index (κ1) is 15.8. The summed E-state index contributed by atoms with van der Waals surface area (Å²) >= 11 is 2.69. The fraction of sp³-hybridized carbons (Fsp3) is 0.455. The van der Waals surface area contributed by atoms with E-state index in [1.54, 1.807) is 6.07 Å². The van der Waals surface area contributed by atoms with Gasteiger partial charge in [-0.1, -0.05) is 0 Å². The number of nitrogens with zero attached hydrogens (tertiary/aromatic N) is 5. The number of aliphatic hydroxyl groups is 2. The Labute approximate surface area is 136 Å². The van der Waals surface area contributed by atoms with E-state index in [0.29, 0.717) is 0 Å². The number of rotatable bonds is 2. The van der Waals surface area contributed by atoms with Crippen LogP contribution in [0.25, 0.3) is 5.65 Å². The molecule has 0 saturated carbocycles. The smallest absolute Gasteiger partial charge is 0.245 e. The van der Waals surface area contributed by atoms with Gasteiger partial charge in [-0.05, 0) is 15.9 Å². The Morgan fingerprint density at radius 1 is 1.57 bits per heavy atom. The van der Waals surface area contributed by atoms with Crippen molar-refractivity contribution in [3.63, 3.8) is 0 Å². The number of aliphatic hydroxyl groups excluding tert-OH is 2. The molecule has 3 heterocycles. The number of ether oxygens (including phenoxy) is 1. The quantitative estimate of drug-likeness (QED) is 0.463. The first-order valence-electron chi connectivity index (χ1n) is 6.31. The number of alkyl halides is 2. The van der Waals surface area contributed by atoms with Crippen molar-refractivity contribution in [1.29, 1.82) is 5.26 Å². The number of anilines is 2. The number of fused-ring (bicyclic) bond motifs is 1. The molecular weight excluding hydrogens is 377 g/mol. The minimum Gasteiger partial charge on any atom is -0.394 e. The third-order valence-electron chi connectivity index (χ3n) is 3.62. The highest BCUT2D eigenvalue weighted by Gasteiger charge is 2.69. The van der Waals surface area contributed by atoms with E-state index in [1.165, 1.54) is 0 Å². The lowest BCUT2D eigenvalue weighted by Gasteiger charge is -2.28. The molecule has 1 unspecified atom stereocenters. The Morgan fingerprint density at radius 3 is 2.83 bits per heavy atom. The summed E-state index contributed by atoms with van der Waals surface area (Å²) in [5, 5.41) is 32.6. The molecule has 1 aliphatic heterocycles. The van der Waals surface area contributed by atoms with Gasteiger partial charge in [0.05, 0.1) is 12.8 Å². The molecule has 0 spiro atoms. The molecule has 4 atom stereocenters. The molecule has 1 saturated heterocycles. The van der Waals surface area contributed by atoms with Gasteiger partial charge in [-0.2, -0.15) is 10.2 Å². The van der Waals surface area contributed by atoms with E-state index in [2.05, 4.69) is 31.0 Å². The van der Waals surface area contributed by atoms with Crippen molar-refractivity contribution in [1.82, 2.24) is 19.6 Å². The van der Waals surface area contributed by atoms with E-state index in [4.69, 9.17) is 16.2 Å². The van der Waals surface area contributed by atoms with Gasteiger partial charge in [0.2, 0.25) is 16.1 Å². The highest BCUT2D eigenvalue weighted by molar-refractivity contribution is 9.10. The Bertz CT molecular complexity index is 822. The zero-order valence-corrected chi connectivity index (χ0v) is 13.0. The van der Waals surface area contributed by atoms with Gasteiger partial charge in [0.1, 0.15) is 24.0 Å². The molecule has 0 amide bonds. The predicted molar refractivity (Wildman–Crippen MR) is 77.6 cm³/mol. The Morgan fingerprint density at radius 2 is 2.26 bits per heavy atom. The second kappa shape index (κ2) is 4.96. The standard InChI is InChI=1S/C11H11BrFN7O3/c12-11(13)6(22)4(2-21)23-10(11,3-14)5-1-17-8-7(15)18-9(16)19-20(5)8/h1,4,6,21-22H,2H2,(H4,15,16,18,19)/t4-,6?,10+,11-/m1/s1. The largest absolute Gasteiger partial charge is 0.394 e. The maximum Gasteiger partial charge on any atom is 0.245 e. The Kier molecular flexibility index (Phi) is 3.41. The van der Waals surface area contributed by atoms with Crippen LogP contribution in [0, 0.1) is 11.3 Å². The van der Waals surface area contributed by atoms with Gasteiger partial charge in [-0.15, -0.1) is 5.10 Å². The van der Waals surface area contributed by atoms with Gasteiger partial charge in [0.15, 0.2) is 11.5 Å². The van der Waals surface area contributed by atoms with E-state index in [0.717, 1.165) is 10.7 Å². The highest BCUT2D eigenvalue weighted by Crippen LogP contribution is 2.53. The van der Waals surface area contributed by atoms with Gasteiger partial charge in [0, 0.05) is 0 Å². The van der Waals surface area contributed by atoms with Gasteiger partial charge in [0.25, 0.3) is 0 Å². The average Bonchev–Trinajstić information content (AvgIpc) is 2.99. The number of hydrogen-bond donors (Lipinski definition) is 4. The van der Waals surface area contributed by atoms with Crippen LogP contribution in [0.5, 0.6) is 0 Å². The van der Waals surface area contributed by atoms with E-state index in [1.807, 2.05) is 0 Å². The number of nitriles is 1. The molecule has 10 nitrogen and oxygen atoms in total. The molecule has 6 N–H and O–H groups in total. The summed E-state index contributed by atoms with van der Waals surface area (Å²) in [5.74, 6) is -0.299. The second-order valence-corrected chi connectivity index (χ2v) is 6.09. The lowest BCUT2D eigenvalue weighted by atomic mass is 9.94. The molecular formula is C11H11BrFN7O3. The summed E-state index contributed by atoms with van der Waals surface area (Å²) in [6, 6.07) is 1.68. The summed E-state index contributed by atoms with van der Waals surface area (Å²) < 4.78 is 18.7. The van der Waals surface area contributed by atoms with Gasteiger partial charge in [-0.3, -0.25) is 0 Å². The van der Waals surface area contributed by atoms with Crippen LogP contribution in [0.1, 0.15) is 5.69 Å². The zero-order valence-electron chi connectivity index (χ0n) is 11.4. The molecule has 0 aliphatic carbocycles. The van der Waals surface area contributed by atoms with Crippen LogP contribution in [0.15, 0.2) is 6.20 Å². The Balaban J connectivity index is 2.29.